The van der Waals surface area contributed by atoms with E-state index in [4.69, 9.17) is 5.41 Å². The minimum Gasteiger partial charge on any atom is -0.309 e. The number of nitro groups is 1. The minimum atomic E-state index is -0.831. The normalized spacial score (nSPS) is 17.4. The van der Waals surface area contributed by atoms with Gasteiger partial charge >= 0.3 is 5.69 Å². The van der Waals surface area contributed by atoms with Crippen molar-refractivity contribution in [2.24, 2.45) is 0 Å². The Kier molecular flexibility index (Phi) is 3.25. The lowest BCUT2D eigenvalue weighted by Gasteiger charge is -2.26. The molecule has 5 heteroatoms. The molecule has 0 aliphatic heterocycles. The lowest BCUT2D eigenvalue weighted by molar-refractivity contribution is -0.387. The standard InChI is InChI=1S/C16H13FN2O2/c17-15-6-5-11(8-16(15)19(20)21)14-9-12(18)7-10-3-1-2-4-13(10)14/h1-6,8,14,18H,7,9H2. The highest BCUT2D eigenvalue weighted by Gasteiger charge is 2.26. The number of nitro benzene ring substituents is 1. The van der Waals surface area contributed by atoms with Gasteiger partial charge in [-0.2, -0.15) is 4.39 Å². The Labute approximate surface area is 120 Å². The zero-order chi connectivity index (χ0) is 15.0. The van der Waals surface area contributed by atoms with E-state index in [1.807, 2.05) is 24.3 Å². The van der Waals surface area contributed by atoms with Gasteiger partial charge in [-0.25, -0.2) is 0 Å². The number of fused-ring (bicyclic) bond motifs is 1. The van der Waals surface area contributed by atoms with Crippen molar-refractivity contribution in [2.45, 2.75) is 18.8 Å². The van der Waals surface area contributed by atoms with Crippen LogP contribution in [0.3, 0.4) is 0 Å². The molecule has 3 rings (SSSR count). The first-order valence-corrected chi connectivity index (χ1v) is 6.64. The molecular formula is C16H13FN2O2. The van der Waals surface area contributed by atoms with Crippen molar-refractivity contribution < 1.29 is 9.31 Å². The number of nitrogens with one attached hydrogen (secondary N) is 1. The second-order valence-corrected chi connectivity index (χ2v) is 5.20. The summed E-state index contributed by atoms with van der Waals surface area (Å²) >= 11 is 0. The lowest BCUT2D eigenvalue weighted by atomic mass is 9.78. The van der Waals surface area contributed by atoms with Gasteiger partial charge in [-0.1, -0.05) is 30.3 Å². The number of nitrogens with zero attached hydrogens (tertiary/aromatic N) is 1. The van der Waals surface area contributed by atoms with Gasteiger partial charge in [-0.3, -0.25) is 10.1 Å². The summed E-state index contributed by atoms with van der Waals surface area (Å²) in [6.07, 6.45) is 1.12. The lowest BCUT2D eigenvalue weighted by Crippen LogP contribution is -2.18. The summed E-state index contributed by atoms with van der Waals surface area (Å²) in [4.78, 5) is 10.2. The van der Waals surface area contributed by atoms with Crippen molar-refractivity contribution in [1.29, 1.82) is 5.41 Å². The SMILES string of the molecule is N=C1Cc2ccccc2C(c2ccc(F)c([N+](=O)[O-])c2)C1. The number of halogens is 1. The topological polar surface area (TPSA) is 67.0 Å². The fourth-order valence-electron chi connectivity index (χ4n) is 2.88. The summed E-state index contributed by atoms with van der Waals surface area (Å²) in [7, 11) is 0. The van der Waals surface area contributed by atoms with Crippen molar-refractivity contribution in [3.63, 3.8) is 0 Å². The summed E-state index contributed by atoms with van der Waals surface area (Å²) in [6.45, 7) is 0. The molecule has 1 atom stereocenters. The van der Waals surface area contributed by atoms with Gasteiger partial charge in [0.2, 0.25) is 5.82 Å². The van der Waals surface area contributed by atoms with E-state index < -0.39 is 16.4 Å². The zero-order valence-corrected chi connectivity index (χ0v) is 11.2. The monoisotopic (exact) mass is 284 g/mol. The van der Waals surface area contributed by atoms with Gasteiger partial charge in [0, 0.05) is 24.1 Å². The van der Waals surface area contributed by atoms with Crippen LogP contribution in [0.25, 0.3) is 0 Å². The predicted molar refractivity (Wildman–Crippen MR) is 77.4 cm³/mol. The molecule has 1 N–H and O–H groups in total. The van der Waals surface area contributed by atoms with Crippen LogP contribution in [-0.4, -0.2) is 10.6 Å². The van der Waals surface area contributed by atoms with Crippen molar-refractivity contribution in [2.75, 3.05) is 0 Å². The molecule has 0 aromatic heterocycles. The van der Waals surface area contributed by atoms with Crippen LogP contribution in [0.15, 0.2) is 42.5 Å². The highest BCUT2D eigenvalue weighted by Crippen LogP contribution is 2.36. The molecule has 4 nitrogen and oxygen atoms in total. The van der Waals surface area contributed by atoms with Gasteiger partial charge in [0.1, 0.15) is 0 Å². The maximum Gasteiger partial charge on any atom is 0.305 e. The molecule has 0 bridgehead atoms. The first-order valence-electron chi connectivity index (χ1n) is 6.64. The van der Waals surface area contributed by atoms with Crippen LogP contribution >= 0.6 is 0 Å². The summed E-state index contributed by atoms with van der Waals surface area (Å²) < 4.78 is 13.5. The van der Waals surface area contributed by atoms with Crippen LogP contribution in [0.5, 0.6) is 0 Å². The third-order valence-corrected chi connectivity index (χ3v) is 3.85. The van der Waals surface area contributed by atoms with Crippen LogP contribution in [-0.2, 0) is 6.42 Å². The number of hydrogen-bond donors (Lipinski definition) is 1. The molecule has 0 saturated carbocycles. The van der Waals surface area contributed by atoms with Crippen LogP contribution in [0, 0.1) is 21.3 Å². The van der Waals surface area contributed by atoms with Gasteiger partial charge in [-0.15, -0.1) is 0 Å². The molecule has 2 aromatic carbocycles. The Morgan fingerprint density at radius 1 is 1.24 bits per heavy atom. The first kappa shape index (κ1) is 13.4. The van der Waals surface area contributed by atoms with E-state index in [1.165, 1.54) is 6.07 Å². The summed E-state index contributed by atoms with van der Waals surface area (Å²) in [5.74, 6) is -0.954. The van der Waals surface area contributed by atoms with Gasteiger partial charge in [0.25, 0.3) is 0 Å². The van der Waals surface area contributed by atoms with E-state index in [0.717, 1.165) is 17.2 Å². The van der Waals surface area contributed by atoms with Gasteiger partial charge in [-0.05, 0) is 29.2 Å². The molecule has 0 saturated heterocycles. The zero-order valence-electron chi connectivity index (χ0n) is 11.2. The highest BCUT2D eigenvalue weighted by atomic mass is 19.1. The number of hydrogen-bond acceptors (Lipinski definition) is 3. The molecule has 1 aliphatic carbocycles. The number of rotatable bonds is 2. The smallest absolute Gasteiger partial charge is 0.305 e. The Morgan fingerprint density at radius 2 is 2.00 bits per heavy atom. The van der Waals surface area contributed by atoms with Crippen LogP contribution < -0.4 is 0 Å². The van der Waals surface area contributed by atoms with E-state index >= 15 is 0 Å². The molecule has 1 aliphatic rings. The third kappa shape index (κ3) is 2.42. The summed E-state index contributed by atoms with van der Waals surface area (Å²) in [5.41, 5.74) is 2.88. The van der Waals surface area contributed by atoms with Crippen molar-refractivity contribution in [3.8, 4) is 0 Å². The Morgan fingerprint density at radius 3 is 2.76 bits per heavy atom. The van der Waals surface area contributed by atoms with Gasteiger partial charge in [0.15, 0.2) is 0 Å². The van der Waals surface area contributed by atoms with Crippen LogP contribution in [0.2, 0.25) is 0 Å². The molecule has 0 amide bonds. The molecular weight excluding hydrogens is 271 g/mol. The van der Waals surface area contributed by atoms with Crippen LogP contribution in [0.1, 0.15) is 29.0 Å². The third-order valence-electron chi connectivity index (χ3n) is 3.85. The quantitative estimate of drug-likeness (QED) is 0.672. The Bertz CT molecular complexity index is 743. The fraction of sp³-hybridized carbons (Fsp3) is 0.188. The Balaban J connectivity index is 2.11. The van der Waals surface area contributed by atoms with Gasteiger partial charge < -0.3 is 5.41 Å². The van der Waals surface area contributed by atoms with E-state index in [-0.39, 0.29) is 5.92 Å². The largest absolute Gasteiger partial charge is 0.309 e. The molecule has 0 heterocycles. The summed E-state index contributed by atoms with van der Waals surface area (Å²) in [5, 5.41) is 18.9. The number of benzene rings is 2. The fourth-order valence-corrected chi connectivity index (χ4v) is 2.88. The molecule has 21 heavy (non-hydrogen) atoms. The summed E-state index contributed by atoms with van der Waals surface area (Å²) in [6, 6.07) is 11.8. The first-order chi connectivity index (χ1) is 10.1. The average Bonchev–Trinajstić information content (AvgIpc) is 2.46. The average molecular weight is 284 g/mol. The van der Waals surface area contributed by atoms with E-state index in [9.17, 15) is 14.5 Å². The van der Waals surface area contributed by atoms with E-state index in [0.29, 0.717) is 24.1 Å². The van der Waals surface area contributed by atoms with Crippen molar-refractivity contribution >= 4 is 11.4 Å². The van der Waals surface area contributed by atoms with Crippen molar-refractivity contribution in [3.05, 3.63) is 75.1 Å². The molecule has 0 radical (unpaired) electrons. The molecule has 0 spiro atoms. The van der Waals surface area contributed by atoms with Crippen LogP contribution in [0.4, 0.5) is 10.1 Å². The van der Waals surface area contributed by atoms with Gasteiger partial charge in [0.05, 0.1) is 4.92 Å². The molecule has 106 valence electrons. The second kappa shape index (κ2) is 5.09. The molecule has 0 fully saturated rings. The second-order valence-electron chi connectivity index (χ2n) is 5.20. The highest BCUT2D eigenvalue weighted by molar-refractivity contribution is 5.87. The van der Waals surface area contributed by atoms with E-state index in [1.54, 1.807) is 6.07 Å². The maximum atomic E-state index is 13.5. The predicted octanol–water partition coefficient (Wildman–Crippen LogP) is 3.83. The molecule has 1 unspecified atom stereocenters. The minimum absolute atomic E-state index is 0.123. The Hall–Kier alpha value is -2.56. The molecule has 2 aromatic rings. The van der Waals surface area contributed by atoms with Crippen molar-refractivity contribution in [1.82, 2.24) is 0 Å². The maximum absolute atomic E-state index is 13.5. The van der Waals surface area contributed by atoms with E-state index in [2.05, 4.69) is 0 Å².